The molecule has 0 spiro atoms. The van der Waals surface area contributed by atoms with Crippen molar-refractivity contribution in [2.24, 2.45) is 11.8 Å². The Bertz CT molecular complexity index is 2450. The number of hydrogen-bond acceptors (Lipinski definition) is 10. The molecule has 3 aliphatic heterocycles. The van der Waals surface area contributed by atoms with E-state index in [-0.39, 0.29) is 35.7 Å². The summed E-state index contributed by atoms with van der Waals surface area (Å²) in [5.74, 6) is 0.205. The summed E-state index contributed by atoms with van der Waals surface area (Å²) in [6.07, 6.45) is 6.34. The molecule has 2 aromatic carbocycles. The van der Waals surface area contributed by atoms with Gasteiger partial charge in [0.25, 0.3) is 0 Å². The van der Waals surface area contributed by atoms with Crippen LogP contribution in [0.3, 0.4) is 0 Å². The lowest BCUT2D eigenvalue weighted by Gasteiger charge is -2.34. The van der Waals surface area contributed by atoms with Gasteiger partial charge in [-0.05, 0) is 80.7 Å². The lowest BCUT2D eigenvalue weighted by atomic mass is 9.90. The second kappa shape index (κ2) is 18.3. The van der Waals surface area contributed by atoms with Crippen LogP contribution >= 0.6 is 0 Å². The summed E-state index contributed by atoms with van der Waals surface area (Å²) in [4.78, 5) is 76.2. The Morgan fingerprint density at radius 2 is 1.40 bits per heavy atom. The van der Waals surface area contributed by atoms with Crippen LogP contribution < -0.4 is 10.6 Å². The third-order valence-corrected chi connectivity index (χ3v) is 12.3. The van der Waals surface area contributed by atoms with Crippen LogP contribution in [0.1, 0.15) is 76.1 Å². The third kappa shape index (κ3) is 8.71. The zero-order chi connectivity index (χ0) is 43.5. The number of likely N-dealkylation sites (tertiary alicyclic amines) is 2. The van der Waals surface area contributed by atoms with Gasteiger partial charge in [-0.1, -0.05) is 32.0 Å². The molecule has 3 aromatic heterocycles. The monoisotopic (exact) mass is 849 g/mol. The molecule has 0 saturated carbocycles. The molecule has 4 unspecified atom stereocenters. The summed E-state index contributed by atoms with van der Waals surface area (Å²) in [6, 6.07) is 12.6. The van der Waals surface area contributed by atoms with E-state index in [2.05, 4.69) is 30.6 Å². The second-order valence-corrected chi connectivity index (χ2v) is 16.5. The maximum absolute atomic E-state index is 15.9. The molecule has 3 aliphatic rings. The van der Waals surface area contributed by atoms with Gasteiger partial charge in [-0.3, -0.25) is 9.59 Å². The molecule has 16 nitrogen and oxygen atoms in total. The van der Waals surface area contributed by atoms with Crippen LogP contribution in [0, 0.1) is 17.7 Å². The number of halogens is 1. The van der Waals surface area contributed by atoms with Crippen LogP contribution in [0.25, 0.3) is 44.7 Å². The van der Waals surface area contributed by atoms with E-state index in [0.29, 0.717) is 79.7 Å². The van der Waals surface area contributed by atoms with Crippen molar-refractivity contribution in [2.45, 2.75) is 76.5 Å². The molecule has 5 aromatic rings. The Kier molecular flexibility index (Phi) is 12.5. The number of ether oxygens (including phenoxy) is 3. The van der Waals surface area contributed by atoms with Crippen LogP contribution in [-0.2, 0) is 23.8 Å². The highest BCUT2D eigenvalue weighted by Gasteiger charge is 2.41. The standard InChI is InChI=1S/C45H52FN9O7/c1-25(2)38(52-44(58)60-3)42(56)54-17-5-7-36(54)40-47-23-34(50-40)28-11-14-32-27(21-28)10-13-33(49-32)29-9-12-30(31(46)22-29)35-24-48-41(51-35)37-8-6-18-55(37)43(57)39(53-45(59)61-4)26-15-19-62-20-16-26/h9-14,21-26,36-39H,5-8,15-20H2,1-4H3,(H,47,50)(H,48,51)(H,52,58)(H,53,59). The highest BCUT2D eigenvalue weighted by atomic mass is 19.1. The van der Waals surface area contributed by atoms with Gasteiger partial charge in [0.2, 0.25) is 11.8 Å². The number of aromatic nitrogens is 5. The second-order valence-electron chi connectivity index (χ2n) is 16.5. The van der Waals surface area contributed by atoms with Crippen molar-refractivity contribution in [2.75, 3.05) is 40.5 Å². The number of nitrogens with zero attached hydrogens (tertiary/aromatic N) is 5. The van der Waals surface area contributed by atoms with Gasteiger partial charge < -0.3 is 44.6 Å². The first-order valence-electron chi connectivity index (χ1n) is 21.2. The van der Waals surface area contributed by atoms with Crippen molar-refractivity contribution in [3.8, 4) is 33.8 Å². The first-order chi connectivity index (χ1) is 30.0. The summed E-state index contributed by atoms with van der Waals surface area (Å²) < 4.78 is 31.0. The van der Waals surface area contributed by atoms with Crippen molar-refractivity contribution in [1.82, 2.24) is 45.4 Å². The average Bonchev–Trinajstić information content (AvgIpc) is 4.14. The largest absolute Gasteiger partial charge is 0.453 e. The lowest BCUT2D eigenvalue weighted by molar-refractivity contribution is -0.137. The number of alkyl carbamates (subject to hydrolysis) is 2. The van der Waals surface area contributed by atoms with E-state index in [9.17, 15) is 19.2 Å². The summed E-state index contributed by atoms with van der Waals surface area (Å²) >= 11 is 0. The molecular formula is C45H52FN9O7. The first-order valence-corrected chi connectivity index (χ1v) is 21.2. The van der Waals surface area contributed by atoms with Gasteiger partial charge in [0.1, 0.15) is 29.5 Å². The quantitative estimate of drug-likeness (QED) is 0.111. The van der Waals surface area contributed by atoms with Crippen molar-refractivity contribution in [3.05, 3.63) is 78.4 Å². The topological polar surface area (TPSA) is 197 Å². The minimum atomic E-state index is -0.752. The van der Waals surface area contributed by atoms with Crippen molar-refractivity contribution in [3.63, 3.8) is 0 Å². The van der Waals surface area contributed by atoms with Gasteiger partial charge in [-0.15, -0.1) is 0 Å². The van der Waals surface area contributed by atoms with Gasteiger partial charge in [-0.2, -0.15) is 0 Å². The molecule has 17 heteroatoms. The third-order valence-electron chi connectivity index (χ3n) is 12.3. The molecule has 0 aliphatic carbocycles. The Labute approximate surface area is 358 Å². The average molecular weight is 850 g/mol. The Balaban J connectivity index is 0.953. The van der Waals surface area contributed by atoms with Crippen LogP contribution in [0.4, 0.5) is 14.0 Å². The zero-order valence-electron chi connectivity index (χ0n) is 35.3. The number of fused-ring (bicyclic) bond motifs is 1. The van der Waals surface area contributed by atoms with Gasteiger partial charge >= 0.3 is 12.2 Å². The minimum Gasteiger partial charge on any atom is -0.453 e. The van der Waals surface area contributed by atoms with E-state index in [1.54, 1.807) is 28.3 Å². The fourth-order valence-electron chi connectivity index (χ4n) is 8.94. The van der Waals surface area contributed by atoms with Crippen LogP contribution in [0.5, 0.6) is 0 Å². The molecule has 6 heterocycles. The van der Waals surface area contributed by atoms with Crippen LogP contribution in [0.15, 0.2) is 60.9 Å². The Hall–Kier alpha value is -6.36. The number of rotatable bonds is 11. The number of methoxy groups -OCH3 is 2. The molecule has 4 atom stereocenters. The number of nitrogens with one attached hydrogen (secondary N) is 4. The van der Waals surface area contributed by atoms with E-state index in [0.717, 1.165) is 41.4 Å². The first kappa shape index (κ1) is 42.3. The predicted molar refractivity (Wildman–Crippen MR) is 227 cm³/mol. The predicted octanol–water partition coefficient (Wildman–Crippen LogP) is 6.68. The van der Waals surface area contributed by atoms with Crippen LogP contribution in [-0.4, -0.2) is 111 Å². The van der Waals surface area contributed by atoms with E-state index < -0.39 is 30.1 Å². The molecular weight excluding hydrogens is 798 g/mol. The SMILES string of the molecule is COC(=O)NC(C(=O)N1CCCC1c1ncc(-c2ccc3nc(-c4ccc(-c5cnc(C6CCCN6C(=O)C(NC(=O)OC)C6CCOCC6)[nH]5)c(F)c4)ccc3c2)[nH]1)C(C)C. The summed E-state index contributed by atoms with van der Waals surface area (Å²) in [6.45, 7) is 5.88. The summed E-state index contributed by atoms with van der Waals surface area (Å²) in [5.41, 5.74) is 4.46. The van der Waals surface area contributed by atoms with E-state index in [4.69, 9.17) is 19.2 Å². The number of carbonyl (C=O) groups excluding carboxylic acids is 4. The van der Waals surface area contributed by atoms with Crippen molar-refractivity contribution in [1.29, 1.82) is 0 Å². The van der Waals surface area contributed by atoms with Crippen molar-refractivity contribution >= 4 is 34.9 Å². The number of carbonyl (C=O) groups is 4. The van der Waals surface area contributed by atoms with Gasteiger partial charge in [0.15, 0.2) is 0 Å². The number of hydrogen-bond donors (Lipinski definition) is 4. The molecule has 0 radical (unpaired) electrons. The fourth-order valence-corrected chi connectivity index (χ4v) is 8.94. The highest BCUT2D eigenvalue weighted by Crippen LogP contribution is 2.36. The molecule has 3 fully saturated rings. The maximum atomic E-state index is 15.9. The number of benzene rings is 2. The Morgan fingerprint density at radius 3 is 2.06 bits per heavy atom. The number of aromatic amines is 2. The van der Waals surface area contributed by atoms with E-state index in [1.807, 2.05) is 50.2 Å². The summed E-state index contributed by atoms with van der Waals surface area (Å²) in [7, 11) is 2.55. The Morgan fingerprint density at radius 1 is 0.774 bits per heavy atom. The molecule has 8 rings (SSSR count). The van der Waals surface area contributed by atoms with Crippen molar-refractivity contribution < 1.29 is 37.8 Å². The number of amides is 4. The smallest absolute Gasteiger partial charge is 0.407 e. The lowest BCUT2D eigenvalue weighted by Crippen LogP contribution is -2.53. The van der Waals surface area contributed by atoms with Crippen LogP contribution in [0.2, 0.25) is 0 Å². The molecule has 4 N–H and O–H groups in total. The normalized spacial score (nSPS) is 19.1. The van der Waals surface area contributed by atoms with E-state index >= 15 is 4.39 Å². The van der Waals surface area contributed by atoms with Gasteiger partial charge in [0, 0.05) is 48.4 Å². The number of imidazole rings is 2. The van der Waals surface area contributed by atoms with E-state index in [1.165, 1.54) is 20.3 Å². The summed E-state index contributed by atoms with van der Waals surface area (Å²) in [5, 5.41) is 6.33. The number of pyridine rings is 1. The highest BCUT2D eigenvalue weighted by molar-refractivity contribution is 5.88. The minimum absolute atomic E-state index is 0.0833. The van der Waals surface area contributed by atoms with Gasteiger partial charge in [0.05, 0.1) is 61.3 Å². The molecule has 3 saturated heterocycles. The molecule has 62 heavy (non-hydrogen) atoms. The number of H-pyrrole nitrogens is 2. The molecule has 4 amide bonds. The maximum Gasteiger partial charge on any atom is 0.407 e. The fraction of sp³-hybridized carbons (Fsp3) is 0.444. The zero-order valence-corrected chi connectivity index (χ0v) is 35.3. The molecule has 326 valence electrons. The molecule has 0 bridgehead atoms. The van der Waals surface area contributed by atoms with Gasteiger partial charge in [-0.25, -0.2) is 28.9 Å².